The van der Waals surface area contributed by atoms with Crippen LogP contribution in [-0.2, 0) is 19.4 Å². The van der Waals surface area contributed by atoms with Gasteiger partial charge in [-0.3, -0.25) is 14.9 Å². The van der Waals surface area contributed by atoms with Crippen LogP contribution in [0.15, 0.2) is 12.4 Å². The molecule has 0 bridgehead atoms. The van der Waals surface area contributed by atoms with Crippen molar-refractivity contribution in [1.82, 2.24) is 30.3 Å². The molecule has 0 fully saturated rings. The molecule has 8 nitrogen and oxygen atoms in total. The summed E-state index contributed by atoms with van der Waals surface area (Å²) in [5.74, 6) is -0.120. The first-order valence-corrected chi connectivity index (χ1v) is 9.09. The summed E-state index contributed by atoms with van der Waals surface area (Å²) in [4.78, 5) is 32.4. The molecule has 0 saturated heterocycles. The minimum Gasteiger partial charge on any atom is -0.352 e. The highest BCUT2D eigenvalue weighted by molar-refractivity contribution is 5.95. The van der Waals surface area contributed by atoms with E-state index < -0.39 is 0 Å². The highest BCUT2D eigenvalue weighted by Gasteiger charge is 2.25. The largest absolute Gasteiger partial charge is 0.352 e. The number of aromatic amines is 1. The fraction of sp³-hybridized carbons (Fsp3) is 0.474. The van der Waals surface area contributed by atoms with Gasteiger partial charge in [-0.25, -0.2) is 4.79 Å². The third-order valence-electron chi connectivity index (χ3n) is 4.98. The van der Waals surface area contributed by atoms with Gasteiger partial charge in [-0.1, -0.05) is 0 Å². The van der Waals surface area contributed by atoms with Crippen LogP contribution in [0.2, 0.25) is 0 Å². The molecule has 3 amide bonds. The molecular formula is C19H26N6O2. The van der Waals surface area contributed by atoms with Crippen molar-refractivity contribution in [2.45, 2.75) is 33.2 Å². The first-order chi connectivity index (χ1) is 12.9. The van der Waals surface area contributed by atoms with Crippen LogP contribution < -0.4 is 5.32 Å². The summed E-state index contributed by atoms with van der Waals surface area (Å²) in [5.41, 5.74) is 5.66. The van der Waals surface area contributed by atoms with Crippen molar-refractivity contribution in [2.75, 3.05) is 27.2 Å². The van der Waals surface area contributed by atoms with Crippen LogP contribution in [0.4, 0.5) is 4.79 Å². The summed E-state index contributed by atoms with van der Waals surface area (Å²) in [7, 11) is 3.48. The molecule has 3 heterocycles. The number of pyridine rings is 1. The third-order valence-corrected chi connectivity index (χ3v) is 4.98. The van der Waals surface area contributed by atoms with Gasteiger partial charge in [0.2, 0.25) is 0 Å². The summed E-state index contributed by atoms with van der Waals surface area (Å²) < 4.78 is 0. The lowest BCUT2D eigenvalue weighted by Crippen LogP contribution is -2.42. The summed E-state index contributed by atoms with van der Waals surface area (Å²) >= 11 is 0. The minimum atomic E-state index is -0.120. The molecule has 2 aromatic rings. The van der Waals surface area contributed by atoms with Crippen molar-refractivity contribution < 1.29 is 9.59 Å². The Bertz CT molecular complexity index is 838. The van der Waals surface area contributed by atoms with Gasteiger partial charge < -0.3 is 15.1 Å². The molecule has 2 aromatic heterocycles. The first-order valence-electron chi connectivity index (χ1n) is 9.09. The van der Waals surface area contributed by atoms with Crippen molar-refractivity contribution in [2.24, 2.45) is 0 Å². The number of nitrogens with one attached hydrogen (secondary N) is 2. The van der Waals surface area contributed by atoms with Gasteiger partial charge in [0, 0.05) is 51.8 Å². The topological polar surface area (TPSA) is 94.2 Å². The number of aryl methyl sites for hydroxylation is 2. The molecule has 3 rings (SSSR count). The molecule has 1 aliphatic heterocycles. The Hall–Kier alpha value is -2.90. The summed E-state index contributed by atoms with van der Waals surface area (Å²) in [6.45, 7) is 5.55. The Morgan fingerprint density at radius 2 is 2.07 bits per heavy atom. The lowest BCUT2D eigenvalue weighted by molar-refractivity contribution is 0.0952. The Kier molecular flexibility index (Phi) is 5.43. The zero-order valence-corrected chi connectivity index (χ0v) is 16.3. The molecule has 0 radical (unpaired) electrons. The number of hydrogen-bond donors (Lipinski definition) is 2. The summed E-state index contributed by atoms with van der Waals surface area (Å²) in [6.07, 6.45) is 4.75. The Labute approximate surface area is 159 Å². The molecule has 1 aliphatic rings. The van der Waals surface area contributed by atoms with Gasteiger partial charge in [-0.15, -0.1) is 0 Å². The Morgan fingerprint density at radius 3 is 2.74 bits per heavy atom. The predicted octanol–water partition coefficient (Wildman–Crippen LogP) is 1.43. The highest BCUT2D eigenvalue weighted by atomic mass is 16.2. The SMILES string of the molecule is Cc1n[nH]c(C)c1CCNC(=O)c1cncc2c1CCN(C(=O)N(C)C)C2. The fourth-order valence-electron chi connectivity index (χ4n) is 3.47. The Morgan fingerprint density at radius 1 is 1.30 bits per heavy atom. The Balaban J connectivity index is 1.67. The number of amides is 3. The van der Waals surface area contributed by atoms with Gasteiger partial charge in [0.05, 0.1) is 11.3 Å². The second kappa shape index (κ2) is 7.77. The monoisotopic (exact) mass is 370 g/mol. The second-order valence-corrected chi connectivity index (χ2v) is 7.09. The first kappa shape index (κ1) is 18.9. The lowest BCUT2D eigenvalue weighted by Gasteiger charge is -2.31. The number of urea groups is 1. The van der Waals surface area contributed by atoms with Crippen LogP contribution in [-0.4, -0.2) is 64.1 Å². The molecule has 0 aromatic carbocycles. The van der Waals surface area contributed by atoms with Crippen molar-refractivity contribution in [1.29, 1.82) is 0 Å². The number of carbonyl (C=O) groups excluding carboxylic acids is 2. The van der Waals surface area contributed by atoms with E-state index in [0.717, 1.165) is 34.5 Å². The molecule has 0 unspecified atom stereocenters. The van der Waals surface area contributed by atoms with Crippen LogP contribution in [0.1, 0.15) is 38.4 Å². The van der Waals surface area contributed by atoms with E-state index in [9.17, 15) is 9.59 Å². The van der Waals surface area contributed by atoms with E-state index in [-0.39, 0.29) is 11.9 Å². The molecular weight excluding hydrogens is 344 g/mol. The zero-order chi connectivity index (χ0) is 19.6. The quantitative estimate of drug-likeness (QED) is 0.851. The van der Waals surface area contributed by atoms with Crippen molar-refractivity contribution in [3.8, 4) is 0 Å². The van der Waals surface area contributed by atoms with E-state index in [2.05, 4.69) is 20.5 Å². The maximum absolute atomic E-state index is 12.7. The average molecular weight is 370 g/mol. The van der Waals surface area contributed by atoms with E-state index in [0.29, 0.717) is 31.6 Å². The van der Waals surface area contributed by atoms with Crippen LogP contribution in [0, 0.1) is 13.8 Å². The molecule has 0 saturated carbocycles. The fourth-order valence-corrected chi connectivity index (χ4v) is 3.47. The van der Waals surface area contributed by atoms with E-state index in [4.69, 9.17) is 0 Å². The van der Waals surface area contributed by atoms with E-state index in [1.807, 2.05) is 13.8 Å². The highest BCUT2D eigenvalue weighted by Crippen LogP contribution is 2.22. The van der Waals surface area contributed by atoms with Gasteiger partial charge in [0.25, 0.3) is 5.91 Å². The molecule has 0 aliphatic carbocycles. The maximum Gasteiger partial charge on any atom is 0.319 e. The van der Waals surface area contributed by atoms with Crippen LogP contribution in [0.5, 0.6) is 0 Å². The minimum absolute atomic E-state index is 0.0265. The lowest BCUT2D eigenvalue weighted by atomic mass is 9.97. The van der Waals surface area contributed by atoms with Crippen molar-refractivity contribution >= 4 is 11.9 Å². The van der Waals surface area contributed by atoms with Crippen molar-refractivity contribution in [3.63, 3.8) is 0 Å². The normalized spacial score (nSPS) is 13.3. The molecule has 2 N–H and O–H groups in total. The van der Waals surface area contributed by atoms with Crippen LogP contribution in [0.3, 0.4) is 0 Å². The average Bonchev–Trinajstić information content (AvgIpc) is 2.98. The smallest absolute Gasteiger partial charge is 0.319 e. The number of fused-ring (bicyclic) bond motifs is 1. The third kappa shape index (κ3) is 3.94. The molecule has 0 spiro atoms. The van der Waals surface area contributed by atoms with Gasteiger partial charge in [0.1, 0.15) is 0 Å². The predicted molar refractivity (Wildman–Crippen MR) is 102 cm³/mol. The standard InChI is InChI=1S/C19H26N6O2/c1-12-15(13(2)23-22-12)5-7-21-18(26)17-10-20-9-14-11-25(8-6-16(14)17)19(27)24(3)4/h9-10H,5-8,11H2,1-4H3,(H,21,26)(H,22,23). The summed E-state index contributed by atoms with van der Waals surface area (Å²) in [6, 6.07) is -0.0265. The molecule has 0 atom stereocenters. The van der Waals surface area contributed by atoms with Crippen LogP contribution >= 0.6 is 0 Å². The van der Waals surface area contributed by atoms with E-state index >= 15 is 0 Å². The number of hydrogen-bond acceptors (Lipinski definition) is 4. The number of nitrogens with zero attached hydrogens (tertiary/aromatic N) is 4. The number of rotatable bonds is 4. The zero-order valence-electron chi connectivity index (χ0n) is 16.3. The summed E-state index contributed by atoms with van der Waals surface area (Å²) in [5, 5.41) is 10.1. The van der Waals surface area contributed by atoms with Gasteiger partial charge in [-0.2, -0.15) is 5.10 Å². The number of H-pyrrole nitrogens is 1. The van der Waals surface area contributed by atoms with Gasteiger partial charge >= 0.3 is 6.03 Å². The van der Waals surface area contributed by atoms with E-state index in [1.165, 1.54) is 0 Å². The second-order valence-electron chi connectivity index (χ2n) is 7.09. The van der Waals surface area contributed by atoms with Crippen LogP contribution in [0.25, 0.3) is 0 Å². The number of aromatic nitrogens is 3. The molecule has 144 valence electrons. The number of carbonyl (C=O) groups is 2. The van der Waals surface area contributed by atoms with E-state index in [1.54, 1.807) is 36.3 Å². The van der Waals surface area contributed by atoms with Gasteiger partial charge in [0.15, 0.2) is 0 Å². The van der Waals surface area contributed by atoms with Gasteiger partial charge in [-0.05, 0) is 43.4 Å². The maximum atomic E-state index is 12.7. The van der Waals surface area contributed by atoms with Crippen molar-refractivity contribution in [3.05, 3.63) is 46.0 Å². The molecule has 8 heteroatoms. The molecule has 27 heavy (non-hydrogen) atoms.